The van der Waals surface area contributed by atoms with Crippen molar-refractivity contribution >= 4 is 26.5 Å². The minimum absolute atomic E-state index is 0.223. The van der Waals surface area contributed by atoms with E-state index in [9.17, 15) is 12.8 Å². The number of aromatic nitrogens is 1. The van der Waals surface area contributed by atoms with E-state index in [1.165, 1.54) is 17.4 Å². The third kappa shape index (κ3) is 3.33. The summed E-state index contributed by atoms with van der Waals surface area (Å²) in [6.07, 6.45) is 1.55. The molecule has 20 heavy (non-hydrogen) atoms. The molecule has 0 atom stereocenters. The van der Waals surface area contributed by atoms with E-state index < -0.39 is 15.8 Å². The normalized spacial score (nSPS) is 11.6. The lowest BCUT2D eigenvalue weighted by molar-refractivity contribution is 0.569. The van der Waals surface area contributed by atoms with Crippen molar-refractivity contribution in [1.82, 2.24) is 10.3 Å². The van der Waals surface area contributed by atoms with Crippen molar-refractivity contribution < 1.29 is 12.8 Å². The van der Waals surface area contributed by atoms with Crippen LogP contribution in [0.2, 0.25) is 0 Å². The maximum atomic E-state index is 13.8. The van der Waals surface area contributed by atoms with Crippen LogP contribution in [-0.2, 0) is 16.6 Å². The molecule has 1 heterocycles. The van der Waals surface area contributed by atoms with Crippen molar-refractivity contribution in [2.45, 2.75) is 18.4 Å². The zero-order chi connectivity index (χ0) is 14.8. The van der Waals surface area contributed by atoms with Crippen LogP contribution in [-0.4, -0.2) is 20.4 Å². The molecule has 0 saturated carbocycles. The van der Waals surface area contributed by atoms with Gasteiger partial charge in [0, 0.05) is 17.6 Å². The predicted octanol–water partition coefficient (Wildman–Crippen LogP) is 2.11. The number of hydrogen-bond donors (Lipinski definition) is 2. The van der Waals surface area contributed by atoms with Gasteiger partial charge in [0.15, 0.2) is 5.13 Å². The average molecular weight is 315 g/mol. The molecule has 0 radical (unpaired) electrons. The second-order valence-electron chi connectivity index (χ2n) is 4.18. The van der Waals surface area contributed by atoms with Gasteiger partial charge >= 0.3 is 0 Å². The number of aryl methyl sites for hydroxylation is 1. The van der Waals surface area contributed by atoms with Gasteiger partial charge in [0.2, 0.25) is 0 Å². The molecule has 108 valence electrons. The summed E-state index contributed by atoms with van der Waals surface area (Å²) in [4.78, 5) is 4.40. The van der Waals surface area contributed by atoms with Crippen LogP contribution in [0.25, 0.3) is 0 Å². The third-order valence-electron chi connectivity index (χ3n) is 2.51. The third-order valence-corrected chi connectivity index (χ3v) is 4.82. The van der Waals surface area contributed by atoms with E-state index in [0.717, 1.165) is 10.9 Å². The Bertz CT molecular complexity index is 713. The molecule has 0 aliphatic heterocycles. The largest absolute Gasteiger partial charge is 0.316 e. The van der Waals surface area contributed by atoms with Crippen LogP contribution in [0.1, 0.15) is 10.4 Å². The van der Waals surface area contributed by atoms with Crippen LogP contribution in [0, 0.1) is 12.7 Å². The highest BCUT2D eigenvalue weighted by Crippen LogP contribution is 2.23. The van der Waals surface area contributed by atoms with Gasteiger partial charge < -0.3 is 5.32 Å². The molecule has 0 aliphatic rings. The maximum absolute atomic E-state index is 13.8. The molecule has 5 nitrogen and oxygen atoms in total. The van der Waals surface area contributed by atoms with Gasteiger partial charge in [-0.3, -0.25) is 4.72 Å². The first kappa shape index (κ1) is 14.9. The van der Waals surface area contributed by atoms with Gasteiger partial charge in [-0.15, -0.1) is 11.3 Å². The van der Waals surface area contributed by atoms with Gasteiger partial charge in [-0.25, -0.2) is 17.8 Å². The highest BCUT2D eigenvalue weighted by Gasteiger charge is 2.20. The van der Waals surface area contributed by atoms with Gasteiger partial charge in [0.05, 0.1) is 0 Å². The van der Waals surface area contributed by atoms with Gasteiger partial charge in [0.25, 0.3) is 10.0 Å². The Morgan fingerprint density at radius 3 is 2.75 bits per heavy atom. The molecule has 2 aromatic rings. The molecule has 0 fully saturated rings. The van der Waals surface area contributed by atoms with Gasteiger partial charge in [-0.05, 0) is 31.7 Å². The zero-order valence-corrected chi connectivity index (χ0v) is 12.6. The molecular weight excluding hydrogens is 301 g/mol. The lowest BCUT2D eigenvalue weighted by Gasteiger charge is -2.08. The Labute approximate surface area is 120 Å². The number of sulfonamides is 1. The molecule has 2 N–H and O–H groups in total. The van der Waals surface area contributed by atoms with Gasteiger partial charge in [0.1, 0.15) is 10.7 Å². The fourth-order valence-corrected chi connectivity index (χ4v) is 3.68. The minimum atomic E-state index is -3.98. The quantitative estimate of drug-likeness (QED) is 0.886. The fourth-order valence-electron chi connectivity index (χ4n) is 1.64. The van der Waals surface area contributed by atoms with Gasteiger partial charge in [-0.1, -0.05) is 6.07 Å². The van der Waals surface area contributed by atoms with Crippen molar-refractivity contribution in [3.63, 3.8) is 0 Å². The first-order valence-electron chi connectivity index (χ1n) is 5.80. The monoisotopic (exact) mass is 315 g/mol. The Morgan fingerprint density at radius 2 is 2.15 bits per heavy atom. The number of anilines is 1. The molecule has 0 amide bonds. The number of nitrogens with zero attached hydrogens (tertiary/aromatic N) is 1. The predicted molar refractivity (Wildman–Crippen MR) is 76.8 cm³/mol. The summed E-state index contributed by atoms with van der Waals surface area (Å²) in [5.74, 6) is -0.786. The SMILES string of the molecule is CNCc1ccc(F)c(S(=O)(=O)Nc2ncc(C)s2)c1. The van der Waals surface area contributed by atoms with Crippen LogP contribution in [0.5, 0.6) is 0 Å². The summed E-state index contributed by atoms with van der Waals surface area (Å²) >= 11 is 1.19. The lowest BCUT2D eigenvalue weighted by Crippen LogP contribution is -2.15. The van der Waals surface area contributed by atoms with E-state index in [1.54, 1.807) is 19.3 Å². The molecule has 0 unspecified atom stereocenters. The zero-order valence-electron chi connectivity index (χ0n) is 11.0. The Hall–Kier alpha value is -1.51. The van der Waals surface area contributed by atoms with Crippen LogP contribution in [0.3, 0.4) is 0 Å². The molecule has 1 aromatic carbocycles. The average Bonchev–Trinajstić information content (AvgIpc) is 2.76. The Balaban J connectivity index is 2.35. The van der Waals surface area contributed by atoms with Gasteiger partial charge in [-0.2, -0.15) is 0 Å². The topological polar surface area (TPSA) is 71.1 Å². The number of nitrogens with one attached hydrogen (secondary N) is 2. The van der Waals surface area contributed by atoms with E-state index in [4.69, 9.17) is 0 Å². The van der Waals surface area contributed by atoms with Crippen LogP contribution in [0.4, 0.5) is 9.52 Å². The number of hydrogen-bond acceptors (Lipinski definition) is 5. The highest BCUT2D eigenvalue weighted by atomic mass is 32.2. The van der Waals surface area contributed by atoms with Crippen molar-refractivity contribution in [3.05, 3.63) is 40.7 Å². The summed E-state index contributed by atoms with van der Waals surface area (Å²) in [6.45, 7) is 2.27. The standard InChI is InChI=1S/C12H14FN3O2S2/c1-8-6-15-12(19-8)16-20(17,18)11-5-9(7-14-2)3-4-10(11)13/h3-6,14H,7H2,1-2H3,(H,15,16). The van der Waals surface area contributed by atoms with Crippen LogP contribution >= 0.6 is 11.3 Å². The summed E-state index contributed by atoms with van der Waals surface area (Å²) in [5, 5.41) is 3.11. The summed E-state index contributed by atoms with van der Waals surface area (Å²) in [5.41, 5.74) is 0.685. The van der Waals surface area contributed by atoms with E-state index in [2.05, 4.69) is 15.0 Å². The second kappa shape index (κ2) is 5.86. The van der Waals surface area contributed by atoms with E-state index >= 15 is 0 Å². The van der Waals surface area contributed by atoms with Crippen LogP contribution < -0.4 is 10.0 Å². The second-order valence-corrected chi connectivity index (χ2v) is 7.06. The molecule has 8 heteroatoms. The van der Waals surface area contributed by atoms with Crippen molar-refractivity contribution in [2.24, 2.45) is 0 Å². The Morgan fingerprint density at radius 1 is 1.40 bits per heavy atom. The Kier molecular flexibility index (Phi) is 4.36. The molecule has 0 spiro atoms. The smallest absolute Gasteiger partial charge is 0.266 e. The first-order valence-corrected chi connectivity index (χ1v) is 8.10. The van der Waals surface area contributed by atoms with E-state index in [-0.39, 0.29) is 10.0 Å². The highest BCUT2D eigenvalue weighted by molar-refractivity contribution is 7.93. The lowest BCUT2D eigenvalue weighted by atomic mass is 10.2. The molecule has 2 rings (SSSR count). The fraction of sp³-hybridized carbons (Fsp3) is 0.250. The number of halogens is 1. The summed E-state index contributed by atoms with van der Waals surface area (Å²) in [6, 6.07) is 4.00. The molecular formula is C12H14FN3O2S2. The van der Waals surface area contributed by atoms with E-state index in [1.807, 2.05) is 6.92 Å². The first-order chi connectivity index (χ1) is 9.42. The number of thiazole rings is 1. The molecule has 1 aromatic heterocycles. The number of benzene rings is 1. The van der Waals surface area contributed by atoms with E-state index in [0.29, 0.717) is 12.1 Å². The molecule has 0 aliphatic carbocycles. The minimum Gasteiger partial charge on any atom is -0.316 e. The molecule has 0 bridgehead atoms. The number of rotatable bonds is 5. The van der Waals surface area contributed by atoms with Crippen molar-refractivity contribution in [1.29, 1.82) is 0 Å². The maximum Gasteiger partial charge on any atom is 0.266 e. The van der Waals surface area contributed by atoms with Crippen LogP contribution in [0.15, 0.2) is 29.3 Å². The van der Waals surface area contributed by atoms with Crippen molar-refractivity contribution in [3.8, 4) is 0 Å². The van der Waals surface area contributed by atoms with Crippen molar-refractivity contribution in [2.75, 3.05) is 11.8 Å². The summed E-state index contributed by atoms with van der Waals surface area (Å²) in [7, 11) is -2.25. The summed E-state index contributed by atoms with van der Waals surface area (Å²) < 4.78 is 40.4. The molecule has 0 saturated heterocycles.